The molecule has 0 heterocycles. The summed E-state index contributed by atoms with van der Waals surface area (Å²) in [4.78, 5) is 2.67. The first-order chi connectivity index (χ1) is 10.3. The van der Waals surface area contributed by atoms with E-state index in [1.54, 1.807) is 12.1 Å². The Bertz CT molecular complexity index is 690. The molecule has 0 atom stereocenters. The van der Waals surface area contributed by atoms with E-state index in [-0.39, 0.29) is 0 Å². The zero-order chi connectivity index (χ0) is 14.9. The molecule has 2 N–H and O–H groups in total. The van der Waals surface area contributed by atoms with Gasteiger partial charge in [0.25, 0.3) is 0 Å². The quantitative estimate of drug-likeness (QED) is 0.228. The van der Waals surface area contributed by atoms with Crippen molar-refractivity contribution in [3.63, 3.8) is 0 Å². The lowest BCUT2D eigenvalue weighted by molar-refractivity contribution is 0.483. The highest BCUT2D eigenvalue weighted by atomic mass is 16.5. The van der Waals surface area contributed by atoms with Crippen LogP contribution in [0, 0.1) is 11.8 Å². The number of nitrogens with zero attached hydrogens (tertiary/aromatic N) is 3. The normalized spacial score (nSPS) is 9.14. The molecule has 0 fully saturated rings. The van der Waals surface area contributed by atoms with Gasteiger partial charge in [0.05, 0.1) is 0 Å². The van der Waals surface area contributed by atoms with Crippen LogP contribution in [0.2, 0.25) is 0 Å². The highest BCUT2D eigenvalue weighted by Gasteiger charge is 1.97. The van der Waals surface area contributed by atoms with E-state index < -0.39 is 0 Å². The zero-order valence-electron chi connectivity index (χ0n) is 11.4. The van der Waals surface area contributed by atoms with E-state index in [1.165, 1.54) is 0 Å². The fourth-order valence-electron chi connectivity index (χ4n) is 1.59. The number of hydrogen-bond donors (Lipinski definition) is 1. The molecular formula is C16H14N4O. The van der Waals surface area contributed by atoms with Crippen LogP contribution in [-0.2, 0) is 0 Å². The van der Waals surface area contributed by atoms with Crippen LogP contribution < -0.4 is 10.5 Å². The highest BCUT2D eigenvalue weighted by molar-refractivity contribution is 5.44. The minimum Gasteiger partial charge on any atom is -0.457 e. The second-order valence-electron chi connectivity index (χ2n) is 4.20. The van der Waals surface area contributed by atoms with Gasteiger partial charge in [-0.1, -0.05) is 17.0 Å². The average molecular weight is 278 g/mol. The van der Waals surface area contributed by atoms with Gasteiger partial charge in [0.15, 0.2) is 0 Å². The van der Waals surface area contributed by atoms with Gasteiger partial charge >= 0.3 is 0 Å². The molecule has 0 saturated carbocycles. The number of nitrogen functional groups attached to an aromatic ring is 1. The maximum atomic E-state index is 8.14. The number of hydrogen-bond acceptors (Lipinski definition) is 3. The van der Waals surface area contributed by atoms with E-state index in [2.05, 4.69) is 21.9 Å². The first-order valence-corrected chi connectivity index (χ1v) is 6.41. The third-order valence-electron chi connectivity index (χ3n) is 2.60. The van der Waals surface area contributed by atoms with Crippen molar-refractivity contribution in [3.05, 3.63) is 64.5 Å². The van der Waals surface area contributed by atoms with Gasteiger partial charge in [-0.25, -0.2) is 0 Å². The van der Waals surface area contributed by atoms with E-state index in [0.29, 0.717) is 18.7 Å². The van der Waals surface area contributed by atoms with Gasteiger partial charge in [-0.2, -0.15) is 0 Å². The van der Waals surface area contributed by atoms with Gasteiger partial charge in [-0.3, -0.25) is 0 Å². The van der Waals surface area contributed by atoms with Crippen molar-refractivity contribution in [2.75, 3.05) is 12.3 Å². The Morgan fingerprint density at radius 2 is 1.67 bits per heavy atom. The molecule has 104 valence electrons. The maximum Gasteiger partial charge on any atom is 0.127 e. The van der Waals surface area contributed by atoms with Crippen LogP contribution in [0.1, 0.15) is 12.0 Å². The van der Waals surface area contributed by atoms with Crippen molar-refractivity contribution < 1.29 is 4.74 Å². The first kappa shape index (κ1) is 14.3. The Morgan fingerprint density at radius 3 is 2.29 bits per heavy atom. The molecule has 0 aliphatic carbocycles. The molecule has 0 unspecified atom stereocenters. The smallest absolute Gasteiger partial charge is 0.127 e. The summed E-state index contributed by atoms with van der Waals surface area (Å²) in [6, 6.07) is 14.7. The topological polar surface area (TPSA) is 84.0 Å². The van der Waals surface area contributed by atoms with Gasteiger partial charge in [0.1, 0.15) is 11.5 Å². The van der Waals surface area contributed by atoms with Crippen LogP contribution in [0.25, 0.3) is 10.4 Å². The lowest BCUT2D eigenvalue weighted by Gasteiger charge is -2.05. The second kappa shape index (κ2) is 7.49. The van der Waals surface area contributed by atoms with Gasteiger partial charge in [-0.05, 0) is 54.1 Å². The molecular weight excluding hydrogens is 264 g/mol. The Labute approximate surface area is 123 Å². The Hall–Kier alpha value is -3.09. The first-order valence-electron chi connectivity index (χ1n) is 6.41. The summed E-state index contributed by atoms with van der Waals surface area (Å²) in [7, 11) is 0. The number of anilines is 1. The minimum atomic E-state index is 0.391. The van der Waals surface area contributed by atoms with Crippen molar-refractivity contribution in [2.45, 2.75) is 6.42 Å². The van der Waals surface area contributed by atoms with Gasteiger partial charge in [0, 0.05) is 29.1 Å². The molecule has 0 radical (unpaired) electrons. The van der Waals surface area contributed by atoms with E-state index in [0.717, 1.165) is 17.1 Å². The SMILES string of the molecule is [N-]=[N+]=NCCC#Cc1ccc(Oc2ccc(N)cc2)cc1. The summed E-state index contributed by atoms with van der Waals surface area (Å²) in [5, 5.41) is 3.42. The molecule has 2 rings (SSSR count). The maximum absolute atomic E-state index is 8.14. The van der Waals surface area contributed by atoms with Gasteiger partial charge in [0.2, 0.25) is 0 Å². The van der Waals surface area contributed by atoms with Crippen molar-refractivity contribution in [3.8, 4) is 23.3 Å². The molecule has 0 spiro atoms. The fraction of sp³-hybridized carbons (Fsp3) is 0.125. The lowest BCUT2D eigenvalue weighted by atomic mass is 10.2. The standard InChI is InChI=1S/C16H14N4O/c17-14-6-10-16(11-7-14)21-15-8-4-13(5-9-15)3-1-2-12-19-20-18/h4-11H,2,12,17H2. The zero-order valence-corrected chi connectivity index (χ0v) is 11.4. The van der Waals surface area contributed by atoms with E-state index in [4.69, 9.17) is 16.0 Å². The Kier molecular flexibility index (Phi) is 5.11. The second-order valence-corrected chi connectivity index (χ2v) is 4.20. The van der Waals surface area contributed by atoms with Gasteiger partial charge in [-0.15, -0.1) is 0 Å². The molecule has 0 aliphatic rings. The van der Waals surface area contributed by atoms with Gasteiger partial charge < -0.3 is 10.5 Å². The molecule has 0 aromatic heterocycles. The van der Waals surface area contributed by atoms with Crippen LogP contribution in [0.4, 0.5) is 5.69 Å². The summed E-state index contributed by atoms with van der Waals surface area (Å²) in [5.41, 5.74) is 15.4. The summed E-state index contributed by atoms with van der Waals surface area (Å²) in [6.07, 6.45) is 0.549. The Morgan fingerprint density at radius 1 is 1.05 bits per heavy atom. The van der Waals surface area contributed by atoms with Crippen molar-refractivity contribution >= 4 is 5.69 Å². The molecule has 2 aromatic carbocycles. The predicted molar refractivity (Wildman–Crippen MR) is 82.9 cm³/mol. The summed E-state index contributed by atoms with van der Waals surface area (Å²) < 4.78 is 5.69. The van der Waals surface area contributed by atoms with Crippen LogP contribution in [0.3, 0.4) is 0 Å². The van der Waals surface area contributed by atoms with Crippen LogP contribution >= 0.6 is 0 Å². The average Bonchev–Trinajstić information content (AvgIpc) is 2.51. The van der Waals surface area contributed by atoms with Crippen molar-refractivity contribution in [1.82, 2.24) is 0 Å². The minimum absolute atomic E-state index is 0.391. The number of benzene rings is 2. The highest BCUT2D eigenvalue weighted by Crippen LogP contribution is 2.22. The van der Waals surface area contributed by atoms with E-state index in [9.17, 15) is 0 Å². The summed E-state index contributed by atoms with van der Waals surface area (Å²) in [6.45, 7) is 0.391. The molecule has 0 amide bonds. The lowest BCUT2D eigenvalue weighted by Crippen LogP contribution is -1.86. The number of rotatable bonds is 4. The molecule has 0 saturated heterocycles. The summed E-state index contributed by atoms with van der Waals surface area (Å²) >= 11 is 0. The van der Waals surface area contributed by atoms with Crippen LogP contribution in [-0.4, -0.2) is 6.54 Å². The van der Waals surface area contributed by atoms with Crippen LogP contribution in [0.15, 0.2) is 53.6 Å². The largest absolute Gasteiger partial charge is 0.457 e. The van der Waals surface area contributed by atoms with Crippen molar-refractivity contribution in [2.24, 2.45) is 5.11 Å². The number of nitrogens with two attached hydrogens (primary N) is 1. The third-order valence-corrected chi connectivity index (χ3v) is 2.60. The molecule has 5 heteroatoms. The fourth-order valence-corrected chi connectivity index (χ4v) is 1.59. The predicted octanol–water partition coefficient (Wildman–Crippen LogP) is 4.11. The monoisotopic (exact) mass is 278 g/mol. The molecule has 0 bridgehead atoms. The number of ether oxygens (including phenoxy) is 1. The number of azide groups is 1. The molecule has 0 aliphatic heterocycles. The molecule has 2 aromatic rings. The third kappa shape index (κ3) is 4.83. The molecule has 5 nitrogen and oxygen atoms in total. The van der Waals surface area contributed by atoms with Crippen molar-refractivity contribution in [1.29, 1.82) is 0 Å². The van der Waals surface area contributed by atoms with E-state index in [1.807, 2.05) is 36.4 Å². The molecule has 21 heavy (non-hydrogen) atoms. The van der Waals surface area contributed by atoms with E-state index >= 15 is 0 Å². The van der Waals surface area contributed by atoms with Crippen LogP contribution in [0.5, 0.6) is 11.5 Å². The Balaban J connectivity index is 1.95. The summed E-state index contributed by atoms with van der Waals surface area (Å²) in [5.74, 6) is 7.41.